The summed E-state index contributed by atoms with van der Waals surface area (Å²) in [5, 5.41) is 0. The van der Waals surface area contributed by atoms with Crippen LogP contribution in [0.25, 0.3) is 22.6 Å². The molecule has 1 aromatic heterocycles. The number of aromatic nitrogens is 1. The highest BCUT2D eigenvalue weighted by Crippen LogP contribution is 2.33. The monoisotopic (exact) mass is 254 g/mol. The Morgan fingerprint density at radius 3 is 2.79 bits per heavy atom. The molecular weight excluding hydrogens is 240 g/mol. The van der Waals surface area contributed by atoms with E-state index in [1.807, 2.05) is 43.3 Å². The van der Waals surface area contributed by atoms with Crippen LogP contribution in [0.4, 0.5) is 5.69 Å². The van der Waals surface area contributed by atoms with Crippen LogP contribution in [0, 0.1) is 6.92 Å². The molecule has 1 heterocycles. The van der Waals surface area contributed by atoms with Gasteiger partial charge in [-0.25, -0.2) is 4.98 Å². The maximum Gasteiger partial charge on any atom is 0.231 e. The predicted octanol–water partition coefficient (Wildman–Crippen LogP) is 3.39. The van der Waals surface area contributed by atoms with Gasteiger partial charge in [0.05, 0.1) is 18.4 Å². The molecule has 0 amide bonds. The molecule has 0 aliphatic rings. The minimum absolute atomic E-state index is 0.522. The number of nitrogens with two attached hydrogens (primary N) is 1. The van der Waals surface area contributed by atoms with Gasteiger partial charge in [-0.3, -0.25) is 0 Å². The van der Waals surface area contributed by atoms with Crippen molar-refractivity contribution in [2.24, 2.45) is 0 Å². The van der Waals surface area contributed by atoms with Crippen LogP contribution in [0.3, 0.4) is 0 Å². The first-order valence-electron chi connectivity index (χ1n) is 5.99. The average Bonchev–Trinajstić information content (AvgIpc) is 2.84. The fourth-order valence-corrected chi connectivity index (χ4v) is 2.07. The number of para-hydroxylation sites is 1. The Bertz CT molecular complexity index is 747. The van der Waals surface area contributed by atoms with Crippen molar-refractivity contribution in [3.63, 3.8) is 0 Å². The topological polar surface area (TPSA) is 61.3 Å². The molecule has 0 radical (unpaired) electrons. The number of hydrogen-bond acceptors (Lipinski definition) is 4. The van der Waals surface area contributed by atoms with Gasteiger partial charge in [0, 0.05) is 0 Å². The van der Waals surface area contributed by atoms with Gasteiger partial charge in [0.2, 0.25) is 5.89 Å². The Balaban J connectivity index is 2.24. The largest absolute Gasteiger partial charge is 0.496 e. The molecule has 2 aromatic carbocycles. The zero-order valence-electron chi connectivity index (χ0n) is 10.8. The van der Waals surface area contributed by atoms with E-state index in [4.69, 9.17) is 14.9 Å². The van der Waals surface area contributed by atoms with E-state index in [2.05, 4.69) is 4.98 Å². The smallest absolute Gasteiger partial charge is 0.231 e. The SMILES string of the molecule is COc1ccc(C)cc1-c1nc2c(N)cccc2o1. The second-order valence-corrected chi connectivity index (χ2v) is 4.42. The molecule has 4 nitrogen and oxygen atoms in total. The van der Waals surface area contributed by atoms with Crippen LogP contribution in [0.5, 0.6) is 5.75 Å². The normalized spacial score (nSPS) is 10.8. The van der Waals surface area contributed by atoms with Gasteiger partial charge in [-0.15, -0.1) is 0 Å². The highest BCUT2D eigenvalue weighted by atomic mass is 16.5. The van der Waals surface area contributed by atoms with Crippen LogP contribution in [-0.2, 0) is 0 Å². The Morgan fingerprint density at radius 2 is 2.05 bits per heavy atom. The lowest BCUT2D eigenvalue weighted by Crippen LogP contribution is -1.89. The van der Waals surface area contributed by atoms with Gasteiger partial charge < -0.3 is 14.9 Å². The predicted molar refractivity (Wildman–Crippen MR) is 75.1 cm³/mol. The van der Waals surface area contributed by atoms with Crippen LogP contribution in [-0.4, -0.2) is 12.1 Å². The molecule has 4 heteroatoms. The second kappa shape index (κ2) is 4.31. The quantitative estimate of drug-likeness (QED) is 0.712. The number of benzene rings is 2. The van der Waals surface area contributed by atoms with E-state index in [-0.39, 0.29) is 0 Å². The van der Waals surface area contributed by atoms with Crippen LogP contribution in [0.2, 0.25) is 0 Å². The summed E-state index contributed by atoms with van der Waals surface area (Å²) < 4.78 is 11.1. The second-order valence-electron chi connectivity index (χ2n) is 4.42. The van der Waals surface area contributed by atoms with E-state index in [0.717, 1.165) is 16.9 Å². The zero-order chi connectivity index (χ0) is 13.4. The molecule has 0 aliphatic heterocycles. The van der Waals surface area contributed by atoms with Gasteiger partial charge in [-0.2, -0.15) is 0 Å². The maximum absolute atomic E-state index is 5.89. The average molecular weight is 254 g/mol. The highest BCUT2D eigenvalue weighted by Gasteiger charge is 2.14. The first-order valence-corrected chi connectivity index (χ1v) is 5.99. The maximum atomic E-state index is 5.89. The van der Waals surface area contributed by atoms with E-state index in [9.17, 15) is 0 Å². The Kier molecular flexibility index (Phi) is 2.63. The minimum atomic E-state index is 0.522. The van der Waals surface area contributed by atoms with E-state index < -0.39 is 0 Å². The first-order chi connectivity index (χ1) is 9.19. The fraction of sp³-hybridized carbons (Fsp3) is 0.133. The number of nitrogen functional groups attached to an aromatic ring is 1. The Hall–Kier alpha value is -2.49. The number of rotatable bonds is 2. The number of fused-ring (bicyclic) bond motifs is 1. The molecule has 0 saturated carbocycles. The summed E-state index contributed by atoms with van der Waals surface area (Å²) in [4.78, 5) is 4.46. The number of aryl methyl sites for hydroxylation is 1. The van der Waals surface area contributed by atoms with Crippen molar-refractivity contribution in [1.29, 1.82) is 0 Å². The molecule has 0 spiro atoms. The summed E-state index contributed by atoms with van der Waals surface area (Å²) in [5.74, 6) is 1.25. The summed E-state index contributed by atoms with van der Waals surface area (Å²) in [6, 6.07) is 11.4. The number of hydrogen-bond donors (Lipinski definition) is 1. The van der Waals surface area contributed by atoms with Crippen LogP contribution in [0.15, 0.2) is 40.8 Å². The summed E-state index contributed by atoms with van der Waals surface area (Å²) in [5.41, 5.74) is 9.81. The number of anilines is 1. The molecule has 0 fully saturated rings. The van der Waals surface area contributed by atoms with Crippen LogP contribution >= 0.6 is 0 Å². The number of methoxy groups -OCH3 is 1. The van der Waals surface area contributed by atoms with Crippen molar-refractivity contribution in [3.05, 3.63) is 42.0 Å². The molecule has 0 saturated heterocycles. The molecule has 2 N–H and O–H groups in total. The summed E-state index contributed by atoms with van der Waals surface area (Å²) in [6.45, 7) is 2.01. The molecular formula is C15H14N2O2. The van der Waals surface area contributed by atoms with Crippen molar-refractivity contribution in [2.75, 3.05) is 12.8 Å². The molecule has 3 aromatic rings. The van der Waals surface area contributed by atoms with Gasteiger partial charge in [0.15, 0.2) is 5.58 Å². The fourth-order valence-electron chi connectivity index (χ4n) is 2.07. The highest BCUT2D eigenvalue weighted by molar-refractivity contribution is 5.87. The van der Waals surface area contributed by atoms with Gasteiger partial charge in [0.25, 0.3) is 0 Å². The lowest BCUT2D eigenvalue weighted by Gasteiger charge is -2.05. The van der Waals surface area contributed by atoms with Gasteiger partial charge in [0.1, 0.15) is 11.3 Å². The molecule has 0 unspecified atom stereocenters. The lowest BCUT2D eigenvalue weighted by atomic mass is 10.1. The van der Waals surface area contributed by atoms with Crippen molar-refractivity contribution in [2.45, 2.75) is 6.92 Å². The molecule has 0 atom stereocenters. The molecule has 96 valence electrons. The zero-order valence-corrected chi connectivity index (χ0v) is 10.8. The van der Waals surface area contributed by atoms with E-state index in [0.29, 0.717) is 22.7 Å². The third kappa shape index (κ3) is 1.91. The van der Waals surface area contributed by atoms with Gasteiger partial charge >= 0.3 is 0 Å². The Labute approximate surface area is 110 Å². The van der Waals surface area contributed by atoms with Gasteiger partial charge in [-0.1, -0.05) is 17.7 Å². The van der Waals surface area contributed by atoms with Crippen molar-refractivity contribution < 1.29 is 9.15 Å². The third-order valence-corrected chi connectivity index (χ3v) is 3.04. The van der Waals surface area contributed by atoms with Crippen molar-refractivity contribution in [3.8, 4) is 17.2 Å². The standard InChI is InChI=1S/C15H14N2O2/c1-9-6-7-12(18-2)10(8-9)15-17-14-11(16)4-3-5-13(14)19-15/h3-8H,16H2,1-2H3. The number of ether oxygens (including phenoxy) is 1. The number of nitrogens with zero attached hydrogens (tertiary/aromatic N) is 1. The molecule has 0 bridgehead atoms. The Morgan fingerprint density at radius 1 is 1.21 bits per heavy atom. The van der Waals surface area contributed by atoms with Gasteiger partial charge in [-0.05, 0) is 31.2 Å². The summed E-state index contributed by atoms with van der Waals surface area (Å²) >= 11 is 0. The summed E-state index contributed by atoms with van der Waals surface area (Å²) in [7, 11) is 1.63. The number of oxazole rings is 1. The summed E-state index contributed by atoms with van der Waals surface area (Å²) in [6.07, 6.45) is 0. The van der Waals surface area contributed by atoms with Crippen LogP contribution in [0.1, 0.15) is 5.56 Å². The van der Waals surface area contributed by atoms with E-state index >= 15 is 0 Å². The van der Waals surface area contributed by atoms with E-state index in [1.165, 1.54) is 0 Å². The molecule has 19 heavy (non-hydrogen) atoms. The van der Waals surface area contributed by atoms with Crippen molar-refractivity contribution >= 4 is 16.8 Å². The first kappa shape index (κ1) is 11.6. The molecule has 3 rings (SSSR count). The lowest BCUT2D eigenvalue weighted by molar-refractivity contribution is 0.414. The minimum Gasteiger partial charge on any atom is -0.496 e. The third-order valence-electron chi connectivity index (χ3n) is 3.04. The van der Waals surface area contributed by atoms with E-state index in [1.54, 1.807) is 7.11 Å². The molecule has 0 aliphatic carbocycles. The van der Waals surface area contributed by atoms with Crippen LogP contribution < -0.4 is 10.5 Å². The van der Waals surface area contributed by atoms with Crippen molar-refractivity contribution in [1.82, 2.24) is 4.98 Å².